The van der Waals surface area contributed by atoms with E-state index in [0.717, 1.165) is 6.42 Å². The second-order valence-corrected chi connectivity index (χ2v) is 12.6. The van der Waals surface area contributed by atoms with Crippen LogP contribution < -0.4 is 0 Å². The monoisotopic (exact) mass is 511 g/mol. The summed E-state index contributed by atoms with van der Waals surface area (Å²) in [6, 6.07) is 20.7. The van der Waals surface area contributed by atoms with Crippen molar-refractivity contribution in [1.29, 1.82) is 0 Å². The number of hydrogen-bond donors (Lipinski definition) is 0. The number of nitrogens with zero attached hydrogens (tertiary/aromatic N) is 1. The number of amides is 1. The van der Waals surface area contributed by atoms with E-state index in [0.29, 0.717) is 31.7 Å². The molecule has 2 aromatic rings. The maximum atomic E-state index is 13.3. The van der Waals surface area contributed by atoms with E-state index < -0.39 is 34.9 Å². The van der Waals surface area contributed by atoms with Crippen LogP contribution in [-0.4, -0.2) is 57.3 Å². The van der Waals surface area contributed by atoms with Crippen LogP contribution in [0, 0.1) is 5.92 Å². The van der Waals surface area contributed by atoms with E-state index in [-0.39, 0.29) is 16.6 Å². The van der Waals surface area contributed by atoms with E-state index in [4.69, 9.17) is 9.47 Å². The maximum Gasteiger partial charge on any atom is 0.410 e. The van der Waals surface area contributed by atoms with E-state index in [1.54, 1.807) is 25.7 Å². The molecule has 2 aliphatic heterocycles. The Morgan fingerprint density at radius 3 is 2.17 bits per heavy atom. The Balaban J connectivity index is 1.62. The van der Waals surface area contributed by atoms with Crippen molar-refractivity contribution < 1.29 is 23.6 Å². The minimum Gasteiger partial charge on any atom is -0.616 e. The molecule has 0 radical (unpaired) electrons. The molecule has 2 saturated heterocycles. The van der Waals surface area contributed by atoms with E-state index >= 15 is 0 Å². The first kappa shape index (κ1) is 26.6. The van der Waals surface area contributed by atoms with Crippen LogP contribution in [0.15, 0.2) is 60.7 Å². The lowest BCUT2D eigenvalue weighted by Crippen LogP contribution is -2.51. The molecule has 2 fully saturated rings. The van der Waals surface area contributed by atoms with Crippen molar-refractivity contribution in [3.63, 3.8) is 0 Å². The van der Waals surface area contributed by atoms with Gasteiger partial charge in [0.25, 0.3) is 0 Å². The fraction of sp³-hybridized carbons (Fsp3) is 0.517. The number of likely N-dealkylation sites (tertiary alicyclic amines) is 1. The molecule has 2 aliphatic rings. The van der Waals surface area contributed by atoms with Crippen molar-refractivity contribution in [1.82, 2.24) is 4.90 Å². The summed E-state index contributed by atoms with van der Waals surface area (Å²) in [6.45, 7) is 8.10. The summed E-state index contributed by atoms with van der Waals surface area (Å²) < 4.78 is 24.5. The number of carbonyl (C=O) groups excluding carboxylic acids is 2. The molecule has 4 unspecified atom stereocenters. The fourth-order valence-corrected chi connectivity index (χ4v) is 7.52. The van der Waals surface area contributed by atoms with Crippen molar-refractivity contribution in [2.24, 2.45) is 5.92 Å². The highest BCUT2D eigenvalue weighted by atomic mass is 32.2. The van der Waals surface area contributed by atoms with Gasteiger partial charge in [0.15, 0.2) is 0 Å². The van der Waals surface area contributed by atoms with Crippen LogP contribution in [0.5, 0.6) is 0 Å². The molecule has 194 valence electrons. The fourth-order valence-electron chi connectivity index (χ4n) is 5.67. The highest BCUT2D eigenvalue weighted by Gasteiger charge is 2.58. The molecule has 2 aromatic carbocycles. The highest BCUT2D eigenvalue weighted by Crippen LogP contribution is 2.51. The third-order valence-electron chi connectivity index (χ3n) is 7.23. The van der Waals surface area contributed by atoms with Gasteiger partial charge in [0, 0.05) is 24.3 Å². The van der Waals surface area contributed by atoms with Crippen molar-refractivity contribution in [3.8, 4) is 0 Å². The first-order chi connectivity index (χ1) is 17.2. The molecule has 0 bridgehead atoms. The summed E-state index contributed by atoms with van der Waals surface area (Å²) in [5.41, 5.74) is 1.33. The van der Waals surface area contributed by atoms with Gasteiger partial charge in [0.1, 0.15) is 16.6 Å². The normalized spacial score (nSPS) is 24.0. The van der Waals surface area contributed by atoms with Gasteiger partial charge < -0.3 is 18.9 Å². The number of rotatable bonds is 6. The average molecular weight is 512 g/mol. The number of hydrogen-bond acceptors (Lipinski definition) is 5. The van der Waals surface area contributed by atoms with Crippen molar-refractivity contribution in [3.05, 3.63) is 71.8 Å². The van der Waals surface area contributed by atoms with Gasteiger partial charge in [-0.05, 0) is 49.5 Å². The van der Waals surface area contributed by atoms with E-state index in [1.807, 2.05) is 43.3 Å². The molecule has 0 aromatic heterocycles. The van der Waals surface area contributed by atoms with Crippen molar-refractivity contribution >= 4 is 23.2 Å². The van der Waals surface area contributed by atoms with Crippen LogP contribution >= 0.6 is 0 Å². The molecule has 0 aliphatic carbocycles. The lowest BCUT2D eigenvalue weighted by atomic mass is 9.63. The molecule has 36 heavy (non-hydrogen) atoms. The smallest absolute Gasteiger partial charge is 0.410 e. The zero-order chi connectivity index (χ0) is 25.9. The quantitative estimate of drug-likeness (QED) is 0.400. The third kappa shape index (κ3) is 5.42. The van der Waals surface area contributed by atoms with Crippen LogP contribution in [0.1, 0.15) is 58.1 Å². The van der Waals surface area contributed by atoms with Gasteiger partial charge in [-0.2, -0.15) is 0 Å². The molecule has 4 atom stereocenters. The lowest BCUT2D eigenvalue weighted by Gasteiger charge is -2.46. The molecule has 0 N–H and O–H groups in total. The Hall–Kier alpha value is -2.51. The molecule has 7 heteroatoms. The number of esters is 1. The van der Waals surface area contributed by atoms with E-state index in [2.05, 4.69) is 24.3 Å². The van der Waals surface area contributed by atoms with Gasteiger partial charge >= 0.3 is 12.1 Å². The summed E-state index contributed by atoms with van der Waals surface area (Å²) in [7, 11) is 0. The highest BCUT2D eigenvalue weighted by molar-refractivity contribution is 7.92. The first-order valence-electron chi connectivity index (χ1n) is 12.8. The van der Waals surface area contributed by atoms with E-state index in [9.17, 15) is 14.1 Å². The van der Waals surface area contributed by atoms with Crippen LogP contribution in [0.4, 0.5) is 4.79 Å². The second kappa shape index (κ2) is 10.9. The maximum absolute atomic E-state index is 13.3. The van der Waals surface area contributed by atoms with Gasteiger partial charge in [-0.1, -0.05) is 74.0 Å². The molecule has 2 heterocycles. The molecule has 0 spiro atoms. The number of fused-ring (bicyclic) bond motifs is 1. The van der Waals surface area contributed by atoms with Crippen molar-refractivity contribution in [2.45, 2.75) is 69.3 Å². The topological polar surface area (TPSA) is 78.9 Å². The Bertz CT molecular complexity index is 999. The zero-order valence-corrected chi connectivity index (χ0v) is 22.5. The molecular formula is C29H37NO5S. The third-order valence-corrected chi connectivity index (χ3v) is 8.99. The van der Waals surface area contributed by atoms with Crippen LogP contribution in [-0.2, 0) is 30.9 Å². The number of carbonyl (C=O) groups is 2. The summed E-state index contributed by atoms with van der Waals surface area (Å²) in [6.07, 6.45) is 0.320. The molecule has 4 rings (SSSR count). The number of benzene rings is 2. The second-order valence-electron chi connectivity index (χ2n) is 10.8. The first-order valence-corrected chi connectivity index (χ1v) is 14.2. The van der Waals surface area contributed by atoms with Crippen LogP contribution in [0.3, 0.4) is 0 Å². The predicted octanol–water partition coefficient (Wildman–Crippen LogP) is 5.07. The molecular weight excluding hydrogens is 474 g/mol. The molecule has 1 amide bonds. The largest absolute Gasteiger partial charge is 0.616 e. The molecule has 6 nitrogen and oxygen atoms in total. The lowest BCUT2D eigenvalue weighted by molar-refractivity contribution is -0.166. The standard InChI is InChI=1S/C29H37NO5S/c1-5-12-24(26(31)35-28(2,3)4)34-27(32)30-19-23-25(20-30)36(33)18-17-29(23,21-13-8-6-9-14-21)22-15-10-7-11-16-22/h6-11,13-16,23-25H,5,12,17-20H2,1-4H3. The van der Waals surface area contributed by atoms with Crippen LogP contribution in [0.25, 0.3) is 0 Å². The SMILES string of the molecule is CCCC(OC(=O)N1CC2C(C1)C(c1ccccc1)(c1ccccc1)CC[S+]2[O-])C(=O)OC(C)(C)C. The Kier molecular flexibility index (Phi) is 8.00. The summed E-state index contributed by atoms with van der Waals surface area (Å²) in [5, 5.41) is -0.169. The number of ether oxygens (including phenoxy) is 2. The van der Waals surface area contributed by atoms with Crippen molar-refractivity contribution in [2.75, 3.05) is 18.8 Å². The van der Waals surface area contributed by atoms with Gasteiger partial charge in [0.2, 0.25) is 6.10 Å². The molecule has 0 saturated carbocycles. The van der Waals surface area contributed by atoms with E-state index in [1.165, 1.54) is 11.1 Å². The van der Waals surface area contributed by atoms with Gasteiger partial charge in [-0.25, -0.2) is 9.59 Å². The minimum absolute atomic E-state index is 0.0319. The predicted molar refractivity (Wildman–Crippen MR) is 141 cm³/mol. The Labute approximate surface area is 217 Å². The summed E-state index contributed by atoms with van der Waals surface area (Å²) in [5.74, 6) is 0.0147. The average Bonchev–Trinajstić information content (AvgIpc) is 3.31. The van der Waals surface area contributed by atoms with Gasteiger partial charge in [0.05, 0.1) is 6.54 Å². The summed E-state index contributed by atoms with van der Waals surface area (Å²) >= 11 is -1.06. The Morgan fingerprint density at radius 1 is 1.06 bits per heavy atom. The zero-order valence-electron chi connectivity index (χ0n) is 21.6. The van der Waals surface area contributed by atoms with Gasteiger partial charge in [-0.15, -0.1) is 0 Å². The Morgan fingerprint density at radius 2 is 1.64 bits per heavy atom. The van der Waals surface area contributed by atoms with Gasteiger partial charge in [-0.3, -0.25) is 0 Å². The van der Waals surface area contributed by atoms with Crippen LogP contribution in [0.2, 0.25) is 0 Å². The minimum atomic E-state index is -1.06. The summed E-state index contributed by atoms with van der Waals surface area (Å²) in [4.78, 5) is 27.7.